The van der Waals surface area contributed by atoms with Crippen LogP contribution in [-0.2, 0) is 33.2 Å². The van der Waals surface area contributed by atoms with Gasteiger partial charge < -0.3 is 38.3 Å². The second-order valence-electron chi connectivity index (χ2n) is 9.36. The molecule has 2 fully saturated rings. The highest BCUT2D eigenvalue weighted by molar-refractivity contribution is 5.12. The van der Waals surface area contributed by atoms with Gasteiger partial charge in [-0.05, 0) is 37.7 Å². The Morgan fingerprint density at radius 1 is 0.909 bits per heavy atom. The average molecular weight is 475 g/mol. The third kappa shape index (κ3) is 6.76. The van der Waals surface area contributed by atoms with E-state index in [0.29, 0.717) is 0 Å². The molecule has 2 heterocycles. The summed E-state index contributed by atoms with van der Waals surface area (Å²) in [4.78, 5) is 0. The van der Waals surface area contributed by atoms with Crippen LogP contribution in [0, 0.1) is 11.8 Å². The fourth-order valence-electron chi connectivity index (χ4n) is 5.12. The minimum absolute atomic E-state index is 0.0633. The van der Waals surface area contributed by atoms with E-state index in [9.17, 15) is 5.11 Å². The van der Waals surface area contributed by atoms with Gasteiger partial charge in [0.1, 0.15) is 30.5 Å². The molecule has 0 spiro atoms. The van der Waals surface area contributed by atoms with Crippen LogP contribution in [0.2, 0.25) is 0 Å². The molecule has 33 heavy (non-hydrogen) atoms. The fraction of sp³-hybridized carbons (Fsp3) is 0.920. The summed E-state index contributed by atoms with van der Waals surface area (Å²) >= 11 is 0. The van der Waals surface area contributed by atoms with E-state index in [1.54, 1.807) is 35.5 Å². The van der Waals surface area contributed by atoms with Crippen LogP contribution in [0.5, 0.6) is 0 Å². The van der Waals surface area contributed by atoms with Gasteiger partial charge in [-0.2, -0.15) is 0 Å². The molecule has 0 radical (unpaired) electrons. The fourth-order valence-corrected chi connectivity index (χ4v) is 5.12. The number of hydrogen-bond acceptors (Lipinski definition) is 8. The second-order valence-corrected chi connectivity index (χ2v) is 9.36. The first-order chi connectivity index (χ1) is 15.8. The summed E-state index contributed by atoms with van der Waals surface area (Å²) in [5.74, 6) is 0.377. The van der Waals surface area contributed by atoms with E-state index in [-0.39, 0.29) is 54.6 Å². The minimum Gasteiger partial charge on any atom is -0.390 e. The normalized spacial score (nSPS) is 36.3. The zero-order chi connectivity index (χ0) is 24.7. The number of methoxy groups -OCH3 is 5. The highest BCUT2D eigenvalue weighted by Gasteiger charge is 2.51. The molecule has 194 valence electrons. The Labute approximate surface area is 199 Å². The molecule has 0 bridgehead atoms. The first-order valence-electron chi connectivity index (χ1n) is 12.1. The Morgan fingerprint density at radius 3 is 2.06 bits per heavy atom. The van der Waals surface area contributed by atoms with Crippen molar-refractivity contribution < 1.29 is 38.3 Å². The van der Waals surface area contributed by atoms with Crippen LogP contribution >= 0.6 is 0 Å². The van der Waals surface area contributed by atoms with Crippen LogP contribution in [0.4, 0.5) is 0 Å². The summed E-state index contributed by atoms with van der Waals surface area (Å²) < 4.78 is 40.0. The molecular formula is C25H46O8. The molecule has 0 aromatic carbocycles. The van der Waals surface area contributed by atoms with Gasteiger partial charge >= 0.3 is 0 Å². The zero-order valence-electron chi connectivity index (χ0n) is 21.9. The van der Waals surface area contributed by atoms with E-state index in [0.717, 1.165) is 24.8 Å². The summed E-state index contributed by atoms with van der Waals surface area (Å²) in [6.07, 6.45) is 2.47. The summed E-state index contributed by atoms with van der Waals surface area (Å²) in [5, 5.41) is 10.8. The molecule has 8 heteroatoms. The molecule has 0 aromatic rings. The van der Waals surface area contributed by atoms with E-state index in [2.05, 4.69) is 26.8 Å². The topological polar surface area (TPSA) is 88.1 Å². The monoisotopic (exact) mass is 474 g/mol. The maximum Gasteiger partial charge on any atom is 0.186 e. The third-order valence-electron chi connectivity index (χ3n) is 7.37. The van der Waals surface area contributed by atoms with E-state index in [1.165, 1.54) is 0 Å². The second kappa shape index (κ2) is 13.5. The molecule has 8 nitrogen and oxygen atoms in total. The van der Waals surface area contributed by atoms with Crippen molar-refractivity contribution in [2.75, 3.05) is 35.5 Å². The number of aliphatic hydroxyl groups excluding tert-OH is 1. The standard InChI is InChI=1S/C25H46O8/c1-10-17(27-5)16(4)20-21(32-20)18(26)14(2)12-11-13-15(3)19-22(28-6)23(29-7)24(30-8)25(31-9)33-19/h13-14,16-26H,10-12H2,1-9H3/b15-13+/t14-,16+,17-,18+,19-,20+,21+,22+,23-,24+,25-/m0/s1. The van der Waals surface area contributed by atoms with Gasteiger partial charge in [-0.15, -0.1) is 0 Å². The highest BCUT2D eigenvalue weighted by atomic mass is 16.7. The SMILES string of the molecule is CC[C@H](OC)[C@@H](C)[C@H]1O[C@@H]1[C@H](O)[C@@H](C)CC/C=C(\C)[C@@H]1O[C@H](OC)[C@H](OC)[C@@H](OC)[C@@H]1OC. The molecule has 1 N–H and O–H groups in total. The van der Waals surface area contributed by atoms with Crippen LogP contribution in [-0.4, -0.2) is 95.8 Å². The van der Waals surface area contributed by atoms with E-state index in [4.69, 9.17) is 33.2 Å². The van der Waals surface area contributed by atoms with Gasteiger partial charge in [0.2, 0.25) is 0 Å². The summed E-state index contributed by atoms with van der Waals surface area (Å²) in [5.41, 5.74) is 1.04. The van der Waals surface area contributed by atoms with Gasteiger partial charge in [-0.1, -0.05) is 26.8 Å². The van der Waals surface area contributed by atoms with Crippen molar-refractivity contribution in [3.8, 4) is 0 Å². The molecule has 0 aliphatic carbocycles. The number of aliphatic hydroxyl groups is 1. The van der Waals surface area contributed by atoms with Crippen molar-refractivity contribution in [2.45, 2.75) is 102 Å². The van der Waals surface area contributed by atoms with Crippen molar-refractivity contribution in [3.05, 3.63) is 11.6 Å². The summed E-state index contributed by atoms with van der Waals surface area (Å²) in [6, 6.07) is 0. The maximum atomic E-state index is 10.8. The largest absolute Gasteiger partial charge is 0.390 e. The van der Waals surface area contributed by atoms with Crippen molar-refractivity contribution >= 4 is 0 Å². The third-order valence-corrected chi connectivity index (χ3v) is 7.37. The molecule has 2 aliphatic rings. The van der Waals surface area contributed by atoms with E-state index >= 15 is 0 Å². The molecule has 0 aromatic heterocycles. The number of rotatable bonds is 14. The van der Waals surface area contributed by atoms with Crippen molar-refractivity contribution in [2.24, 2.45) is 11.8 Å². The highest BCUT2D eigenvalue weighted by Crippen LogP contribution is 2.38. The first kappa shape index (κ1) is 28.7. The Balaban J connectivity index is 1.93. The average Bonchev–Trinajstić information content (AvgIpc) is 3.63. The number of epoxide rings is 1. The number of ether oxygens (including phenoxy) is 7. The van der Waals surface area contributed by atoms with Crippen LogP contribution < -0.4 is 0 Å². The quantitative estimate of drug-likeness (QED) is 0.304. The zero-order valence-corrected chi connectivity index (χ0v) is 21.9. The predicted molar refractivity (Wildman–Crippen MR) is 125 cm³/mol. The minimum atomic E-state index is -0.551. The van der Waals surface area contributed by atoms with E-state index in [1.807, 2.05) is 6.92 Å². The molecule has 11 atom stereocenters. The van der Waals surface area contributed by atoms with Crippen LogP contribution in [0.15, 0.2) is 11.6 Å². The lowest BCUT2D eigenvalue weighted by atomic mass is 9.89. The molecular weight excluding hydrogens is 428 g/mol. The predicted octanol–water partition coefficient (Wildman–Crippen LogP) is 2.95. The van der Waals surface area contributed by atoms with Gasteiger partial charge in [-0.3, -0.25) is 0 Å². The van der Waals surface area contributed by atoms with Crippen molar-refractivity contribution in [1.82, 2.24) is 0 Å². The van der Waals surface area contributed by atoms with Gasteiger partial charge in [0.25, 0.3) is 0 Å². The van der Waals surface area contributed by atoms with Crippen LogP contribution in [0.25, 0.3) is 0 Å². The first-order valence-corrected chi connectivity index (χ1v) is 12.1. The van der Waals surface area contributed by atoms with Gasteiger partial charge in [-0.25, -0.2) is 0 Å². The smallest absolute Gasteiger partial charge is 0.186 e. The summed E-state index contributed by atoms with van der Waals surface area (Å²) in [6.45, 7) is 8.35. The van der Waals surface area contributed by atoms with E-state index < -0.39 is 12.4 Å². The van der Waals surface area contributed by atoms with Crippen LogP contribution in [0.3, 0.4) is 0 Å². The summed E-state index contributed by atoms with van der Waals surface area (Å²) in [7, 11) is 8.24. The Morgan fingerprint density at radius 2 is 1.55 bits per heavy atom. The molecule has 2 rings (SSSR count). The lowest BCUT2D eigenvalue weighted by molar-refractivity contribution is -0.295. The molecule has 0 saturated carbocycles. The molecule has 0 unspecified atom stereocenters. The van der Waals surface area contributed by atoms with Gasteiger partial charge in [0, 0.05) is 41.5 Å². The lowest BCUT2D eigenvalue weighted by Crippen LogP contribution is -2.60. The Bertz CT molecular complexity index is 595. The van der Waals surface area contributed by atoms with Crippen molar-refractivity contribution in [1.29, 1.82) is 0 Å². The number of hydrogen-bond donors (Lipinski definition) is 1. The Kier molecular flexibility index (Phi) is 11.7. The Hall–Kier alpha value is -0.580. The van der Waals surface area contributed by atoms with Gasteiger partial charge in [0.05, 0.1) is 18.3 Å². The van der Waals surface area contributed by atoms with Crippen LogP contribution in [0.1, 0.15) is 47.0 Å². The lowest BCUT2D eigenvalue weighted by Gasteiger charge is -2.44. The maximum absolute atomic E-state index is 10.8. The molecule has 0 amide bonds. The van der Waals surface area contributed by atoms with Crippen molar-refractivity contribution in [3.63, 3.8) is 0 Å². The molecule has 2 saturated heterocycles. The van der Waals surface area contributed by atoms with Gasteiger partial charge in [0.15, 0.2) is 6.29 Å². The molecule has 2 aliphatic heterocycles. The number of allylic oxidation sites excluding steroid dienone is 1.